The molecule has 0 bridgehead atoms. The van der Waals surface area contributed by atoms with E-state index < -0.39 is 7.14 Å². The Kier molecular flexibility index (Phi) is 7.99. The second-order valence-electron chi connectivity index (χ2n) is 11.0. The first-order chi connectivity index (χ1) is 18.3. The number of methoxy groups -OCH3 is 1. The maximum Gasteiger partial charge on any atom is 0.229 e. The van der Waals surface area contributed by atoms with Crippen LogP contribution in [0.3, 0.4) is 0 Å². The minimum Gasteiger partial charge on any atom is -0.495 e. The monoisotopic (exact) mass is 553 g/mol. The molecule has 38 heavy (non-hydrogen) atoms. The van der Waals surface area contributed by atoms with E-state index in [1.165, 1.54) is 44.1 Å². The van der Waals surface area contributed by atoms with E-state index in [4.69, 9.17) is 16.3 Å². The maximum atomic E-state index is 12.8. The minimum absolute atomic E-state index is 0.374. The number of ether oxygens (including phenoxy) is 1. The van der Waals surface area contributed by atoms with E-state index in [9.17, 15) is 4.57 Å². The number of hydrogen-bond donors (Lipinski definition) is 3. The Morgan fingerprint density at radius 3 is 2.47 bits per heavy atom. The zero-order chi connectivity index (χ0) is 26.8. The third-order valence-corrected chi connectivity index (χ3v) is 9.96. The van der Waals surface area contributed by atoms with Crippen LogP contribution in [0, 0.1) is 5.41 Å². The van der Waals surface area contributed by atoms with Crippen LogP contribution in [-0.4, -0.2) is 43.5 Å². The quantitative estimate of drug-likeness (QED) is 0.274. The summed E-state index contributed by atoms with van der Waals surface area (Å²) in [6, 6.07) is 13.9. The normalized spacial score (nSPS) is 17.8. The van der Waals surface area contributed by atoms with Crippen LogP contribution in [0.5, 0.6) is 5.75 Å². The molecule has 1 aliphatic carbocycles. The van der Waals surface area contributed by atoms with E-state index in [0.717, 1.165) is 29.8 Å². The smallest absolute Gasteiger partial charge is 0.229 e. The highest BCUT2D eigenvalue weighted by Crippen LogP contribution is 2.48. The minimum atomic E-state index is -2.50. The summed E-state index contributed by atoms with van der Waals surface area (Å²) in [5.41, 5.74) is 3.39. The van der Waals surface area contributed by atoms with E-state index >= 15 is 0 Å². The van der Waals surface area contributed by atoms with Crippen LogP contribution in [0.2, 0.25) is 5.02 Å². The number of para-hydroxylation sites is 1. The SMILES string of the molecule is COc1cc(C2CCC3(CCNCC3)CC2)ccc1Nc1ncc(Cl)c(Nc2ccccc2P(C)(C)=O)n1. The van der Waals surface area contributed by atoms with Crippen molar-refractivity contribution in [3.63, 3.8) is 0 Å². The summed E-state index contributed by atoms with van der Waals surface area (Å²) in [6.07, 6.45) is 9.26. The molecule has 0 unspecified atom stereocenters. The van der Waals surface area contributed by atoms with Crippen molar-refractivity contribution in [2.24, 2.45) is 5.41 Å². The first kappa shape index (κ1) is 27.0. The Morgan fingerprint density at radius 2 is 1.76 bits per heavy atom. The largest absolute Gasteiger partial charge is 0.495 e. The van der Waals surface area contributed by atoms with Gasteiger partial charge in [0.05, 0.1) is 24.7 Å². The van der Waals surface area contributed by atoms with Crippen LogP contribution in [0.15, 0.2) is 48.7 Å². The molecule has 0 radical (unpaired) electrons. The summed E-state index contributed by atoms with van der Waals surface area (Å²) < 4.78 is 18.5. The van der Waals surface area contributed by atoms with Gasteiger partial charge in [0.1, 0.15) is 17.9 Å². The van der Waals surface area contributed by atoms with Gasteiger partial charge in [-0.3, -0.25) is 0 Å². The van der Waals surface area contributed by atoms with Gasteiger partial charge in [-0.1, -0.05) is 29.8 Å². The highest BCUT2D eigenvalue weighted by atomic mass is 35.5. The van der Waals surface area contributed by atoms with Crippen LogP contribution in [0.4, 0.5) is 23.1 Å². The summed E-state index contributed by atoms with van der Waals surface area (Å²) in [5, 5.41) is 11.2. The van der Waals surface area contributed by atoms with Gasteiger partial charge >= 0.3 is 0 Å². The second kappa shape index (κ2) is 11.3. The molecule has 5 rings (SSSR count). The first-order valence-corrected chi connectivity index (χ1v) is 16.3. The molecular formula is C29H37ClN5O2P. The molecule has 7 nitrogen and oxygen atoms in total. The number of rotatable bonds is 7. The van der Waals surface area contributed by atoms with Crippen LogP contribution >= 0.6 is 18.7 Å². The van der Waals surface area contributed by atoms with Crippen molar-refractivity contribution in [2.45, 2.75) is 44.4 Å². The van der Waals surface area contributed by atoms with Gasteiger partial charge in [-0.2, -0.15) is 4.98 Å². The Labute approximate surface area is 230 Å². The van der Waals surface area contributed by atoms with Crippen LogP contribution in [0.25, 0.3) is 0 Å². The molecule has 2 aliphatic rings. The maximum absolute atomic E-state index is 12.8. The summed E-state index contributed by atoms with van der Waals surface area (Å²) in [5.74, 6) is 2.16. The van der Waals surface area contributed by atoms with E-state index in [2.05, 4.69) is 38.1 Å². The van der Waals surface area contributed by atoms with E-state index in [1.807, 2.05) is 30.3 Å². The van der Waals surface area contributed by atoms with E-state index in [-0.39, 0.29) is 0 Å². The summed E-state index contributed by atoms with van der Waals surface area (Å²) in [7, 11) is -0.806. The molecule has 3 aromatic rings. The van der Waals surface area contributed by atoms with Gasteiger partial charge in [0.2, 0.25) is 5.95 Å². The van der Waals surface area contributed by atoms with Gasteiger partial charge in [-0.05, 0) is 106 Å². The highest BCUT2D eigenvalue weighted by molar-refractivity contribution is 7.70. The fourth-order valence-electron chi connectivity index (χ4n) is 5.90. The van der Waals surface area contributed by atoms with Gasteiger partial charge in [0.25, 0.3) is 0 Å². The number of aromatic nitrogens is 2. The van der Waals surface area contributed by atoms with Crippen LogP contribution in [-0.2, 0) is 4.57 Å². The zero-order valence-corrected chi connectivity index (χ0v) is 24.0. The average Bonchev–Trinajstić information content (AvgIpc) is 2.91. The molecule has 2 fully saturated rings. The number of anilines is 4. The predicted octanol–water partition coefficient (Wildman–Crippen LogP) is 6.90. The van der Waals surface area contributed by atoms with Crippen molar-refractivity contribution in [3.05, 3.63) is 59.2 Å². The Morgan fingerprint density at radius 1 is 1.03 bits per heavy atom. The van der Waals surface area contributed by atoms with Gasteiger partial charge < -0.3 is 25.3 Å². The van der Waals surface area contributed by atoms with E-state index in [0.29, 0.717) is 33.8 Å². The molecule has 3 N–H and O–H groups in total. The lowest BCUT2D eigenvalue weighted by Crippen LogP contribution is -2.38. The van der Waals surface area contributed by atoms with Crippen molar-refractivity contribution in [3.8, 4) is 5.75 Å². The lowest BCUT2D eigenvalue weighted by molar-refractivity contribution is 0.123. The van der Waals surface area contributed by atoms with E-state index in [1.54, 1.807) is 26.6 Å². The molecule has 9 heteroatoms. The average molecular weight is 554 g/mol. The predicted molar refractivity (Wildman–Crippen MR) is 158 cm³/mol. The highest BCUT2D eigenvalue weighted by Gasteiger charge is 2.36. The third-order valence-electron chi connectivity index (χ3n) is 8.14. The lowest BCUT2D eigenvalue weighted by Gasteiger charge is -2.43. The number of hydrogen-bond acceptors (Lipinski definition) is 7. The lowest BCUT2D eigenvalue weighted by atomic mass is 9.65. The number of nitrogens with one attached hydrogen (secondary N) is 3. The Hall–Kier alpha value is -2.60. The van der Waals surface area contributed by atoms with Crippen molar-refractivity contribution >= 4 is 47.2 Å². The zero-order valence-electron chi connectivity index (χ0n) is 22.4. The van der Waals surface area contributed by atoms with Crippen LogP contribution < -0.4 is 26.0 Å². The van der Waals surface area contributed by atoms with Gasteiger partial charge in [0, 0.05) is 5.30 Å². The number of piperidine rings is 1. The molecule has 1 spiro atoms. The van der Waals surface area contributed by atoms with Gasteiger partial charge in [0.15, 0.2) is 5.82 Å². The molecule has 202 valence electrons. The number of benzene rings is 2. The Bertz CT molecular complexity index is 1330. The van der Waals surface area contributed by atoms with Crippen molar-refractivity contribution in [1.82, 2.24) is 15.3 Å². The molecule has 0 atom stereocenters. The fourth-order valence-corrected chi connectivity index (χ4v) is 7.19. The third kappa shape index (κ3) is 6.01. The molecular weight excluding hydrogens is 517 g/mol. The van der Waals surface area contributed by atoms with Crippen molar-refractivity contribution < 1.29 is 9.30 Å². The molecule has 2 aromatic carbocycles. The molecule has 1 aromatic heterocycles. The fraction of sp³-hybridized carbons (Fsp3) is 0.448. The van der Waals surface area contributed by atoms with Gasteiger partial charge in [-0.15, -0.1) is 0 Å². The number of halogens is 1. The molecule has 0 amide bonds. The molecule has 1 saturated heterocycles. The second-order valence-corrected chi connectivity index (χ2v) is 14.6. The van der Waals surface area contributed by atoms with Gasteiger partial charge in [-0.25, -0.2) is 4.98 Å². The summed E-state index contributed by atoms with van der Waals surface area (Å²) in [4.78, 5) is 8.98. The standard InChI is InChI=1S/C29H37ClN5O2P/c1-37-25-18-21(20-10-12-29(13-11-20)14-16-31-17-15-29)8-9-23(25)34-28-32-19-22(30)27(35-28)33-24-6-4-5-7-26(24)38(2,3)36/h4-9,18-20,31H,10-17H2,1-3H3,(H2,32,33,34,35). The Balaban J connectivity index is 1.32. The number of nitrogens with zero attached hydrogens (tertiary/aromatic N) is 2. The molecule has 1 saturated carbocycles. The molecule has 2 heterocycles. The first-order valence-electron chi connectivity index (χ1n) is 13.4. The van der Waals surface area contributed by atoms with Crippen LogP contribution in [0.1, 0.15) is 50.0 Å². The molecule has 1 aliphatic heterocycles. The van der Waals surface area contributed by atoms with Crippen molar-refractivity contribution in [1.29, 1.82) is 0 Å². The summed E-state index contributed by atoms with van der Waals surface area (Å²) >= 11 is 6.42. The van der Waals surface area contributed by atoms with Crippen molar-refractivity contribution in [2.75, 3.05) is 44.2 Å². The topological polar surface area (TPSA) is 88.2 Å². The summed E-state index contributed by atoms with van der Waals surface area (Å²) in [6.45, 7) is 5.81.